The first kappa shape index (κ1) is 14.0. The number of methoxy groups -OCH3 is 2. The van der Waals surface area contributed by atoms with Crippen molar-refractivity contribution >= 4 is 11.6 Å². The molecule has 0 heterocycles. The summed E-state index contributed by atoms with van der Waals surface area (Å²) in [4.78, 5) is 0. The Kier molecular flexibility index (Phi) is 4.34. The highest BCUT2D eigenvalue weighted by Crippen LogP contribution is 2.32. The van der Waals surface area contributed by atoms with Gasteiger partial charge in [-0.25, -0.2) is 0 Å². The largest absolute Gasteiger partial charge is 0.496 e. The van der Waals surface area contributed by atoms with Gasteiger partial charge in [-0.1, -0.05) is 11.6 Å². The zero-order valence-corrected chi connectivity index (χ0v) is 11.8. The molecule has 0 aliphatic heterocycles. The number of hydrogen-bond acceptors (Lipinski definition) is 4. The second-order valence-corrected chi connectivity index (χ2v) is 4.34. The van der Waals surface area contributed by atoms with Crippen LogP contribution < -0.4 is 14.2 Å². The quantitative estimate of drug-likeness (QED) is 0.853. The molecule has 0 bridgehead atoms. The van der Waals surface area contributed by atoms with E-state index in [2.05, 4.69) is 0 Å². The molecule has 2 rings (SSSR count). The Morgan fingerprint density at radius 1 is 0.950 bits per heavy atom. The fourth-order valence-electron chi connectivity index (χ4n) is 1.65. The van der Waals surface area contributed by atoms with E-state index in [0.29, 0.717) is 33.6 Å². The van der Waals surface area contributed by atoms with E-state index >= 15 is 0 Å². The van der Waals surface area contributed by atoms with Gasteiger partial charge in [0.2, 0.25) is 0 Å². The first-order valence-corrected chi connectivity index (χ1v) is 6.14. The summed E-state index contributed by atoms with van der Waals surface area (Å²) >= 11 is 5.85. The van der Waals surface area contributed by atoms with Crippen molar-refractivity contribution in [3.8, 4) is 29.1 Å². The number of benzene rings is 2. The summed E-state index contributed by atoms with van der Waals surface area (Å²) in [6, 6.07) is 12.0. The second-order valence-electron chi connectivity index (χ2n) is 3.90. The Hall–Kier alpha value is -2.38. The van der Waals surface area contributed by atoms with Crippen LogP contribution in [-0.4, -0.2) is 14.2 Å². The van der Waals surface area contributed by atoms with Gasteiger partial charge in [0, 0.05) is 23.2 Å². The van der Waals surface area contributed by atoms with Crippen molar-refractivity contribution in [3.63, 3.8) is 0 Å². The number of rotatable bonds is 4. The molecule has 0 fully saturated rings. The summed E-state index contributed by atoms with van der Waals surface area (Å²) in [6.45, 7) is 0. The van der Waals surface area contributed by atoms with Crippen molar-refractivity contribution in [2.75, 3.05) is 14.2 Å². The minimum atomic E-state index is 0.360. The van der Waals surface area contributed by atoms with Crippen molar-refractivity contribution < 1.29 is 14.2 Å². The highest BCUT2D eigenvalue weighted by molar-refractivity contribution is 6.30. The summed E-state index contributed by atoms with van der Waals surface area (Å²) in [5, 5.41) is 9.57. The van der Waals surface area contributed by atoms with Gasteiger partial charge in [0.15, 0.2) is 0 Å². The van der Waals surface area contributed by atoms with Crippen LogP contribution in [0.4, 0.5) is 0 Å². The molecule has 0 aliphatic rings. The molecule has 5 heteroatoms. The van der Waals surface area contributed by atoms with E-state index in [-0.39, 0.29) is 0 Å². The summed E-state index contributed by atoms with van der Waals surface area (Å²) < 4.78 is 16.0. The second kappa shape index (κ2) is 6.18. The highest BCUT2D eigenvalue weighted by Gasteiger charge is 2.08. The zero-order chi connectivity index (χ0) is 14.5. The van der Waals surface area contributed by atoms with Gasteiger partial charge < -0.3 is 14.2 Å². The normalized spacial score (nSPS) is 9.70. The van der Waals surface area contributed by atoms with E-state index in [0.717, 1.165) is 0 Å². The van der Waals surface area contributed by atoms with Gasteiger partial charge in [-0.15, -0.1) is 0 Å². The number of ether oxygens (including phenoxy) is 3. The molecule has 0 radical (unpaired) electrons. The van der Waals surface area contributed by atoms with Gasteiger partial charge in [0.1, 0.15) is 29.1 Å². The van der Waals surface area contributed by atoms with E-state index in [1.807, 2.05) is 6.07 Å². The van der Waals surface area contributed by atoms with Crippen LogP contribution in [0.2, 0.25) is 5.02 Å². The summed E-state index contributed by atoms with van der Waals surface area (Å²) in [5.74, 6) is 2.14. The average molecular weight is 290 g/mol. The smallest absolute Gasteiger partial charge is 0.145 e. The maximum atomic E-state index is 9.08. The lowest BCUT2D eigenvalue weighted by Gasteiger charge is -2.11. The molecule has 0 saturated carbocycles. The molecule has 2 aromatic rings. The van der Waals surface area contributed by atoms with Gasteiger partial charge in [0.05, 0.1) is 19.8 Å². The van der Waals surface area contributed by atoms with Crippen molar-refractivity contribution in [1.29, 1.82) is 5.26 Å². The lowest BCUT2D eigenvalue weighted by Crippen LogP contribution is -1.92. The molecule has 0 aliphatic carbocycles. The number of halogens is 1. The summed E-state index contributed by atoms with van der Waals surface area (Å²) in [6.07, 6.45) is 0. The monoisotopic (exact) mass is 289 g/mol. The van der Waals surface area contributed by atoms with Gasteiger partial charge in [0.25, 0.3) is 0 Å². The van der Waals surface area contributed by atoms with Gasteiger partial charge >= 0.3 is 0 Å². The Balaban J connectivity index is 2.37. The van der Waals surface area contributed by atoms with E-state index in [1.54, 1.807) is 50.6 Å². The molecule has 0 spiro atoms. The SMILES string of the molecule is COc1cc(OC)cc(Oc2ccc(Cl)cc2C#N)c1. The van der Waals surface area contributed by atoms with Crippen LogP contribution in [0.1, 0.15) is 5.56 Å². The first-order chi connectivity index (χ1) is 9.66. The lowest BCUT2D eigenvalue weighted by molar-refractivity contribution is 0.386. The Bertz CT molecular complexity index is 642. The van der Waals surface area contributed by atoms with Crippen LogP contribution >= 0.6 is 11.6 Å². The number of nitriles is 1. The van der Waals surface area contributed by atoms with Crippen molar-refractivity contribution in [2.45, 2.75) is 0 Å². The third-order valence-corrected chi connectivity index (χ3v) is 2.85. The molecule has 0 atom stereocenters. The molecular formula is C15H12ClNO3. The molecule has 0 saturated heterocycles. The lowest BCUT2D eigenvalue weighted by atomic mass is 10.2. The third-order valence-electron chi connectivity index (χ3n) is 2.61. The predicted molar refractivity (Wildman–Crippen MR) is 75.8 cm³/mol. The van der Waals surface area contributed by atoms with Crippen molar-refractivity contribution in [2.24, 2.45) is 0 Å². The summed E-state index contributed by atoms with van der Waals surface area (Å²) in [5.41, 5.74) is 0.360. The maximum absolute atomic E-state index is 9.08. The Morgan fingerprint density at radius 3 is 2.10 bits per heavy atom. The van der Waals surface area contributed by atoms with Gasteiger partial charge in [-0.05, 0) is 18.2 Å². The van der Waals surface area contributed by atoms with E-state index in [1.165, 1.54) is 0 Å². The van der Waals surface area contributed by atoms with E-state index in [9.17, 15) is 0 Å². The molecule has 0 amide bonds. The van der Waals surface area contributed by atoms with Crippen LogP contribution in [-0.2, 0) is 0 Å². The van der Waals surface area contributed by atoms with Crippen LogP contribution in [0.5, 0.6) is 23.0 Å². The minimum Gasteiger partial charge on any atom is -0.496 e. The average Bonchev–Trinajstić information content (AvgIpc) is 2.48. The Labute approximate surface area is 122 Å². The van der Waals surface area contributed by atoms with E-state index in [4.69, 9.17) is 31.1 Å². The first-order valence-electron chi connectivity index (χ1n) is 5.77. The van der Waals surface area contributed by atoms with Crippen LogP contribution in [0, 0.1) is 11.3 Å². The molecule has 4 nitrogen and oxygen atoms in total. The minimum absolute atomic E-state index is 0.360. The van der Waals surface area contributed by atoms with Crippen molar-refractivity contribution in [1.82, 2.24) is 0 Å². The molecule has 2 aromatic carbocycles. The van der Waals surface area contributed by atoms with Crippen LogP contribution in [0.15, 0.2) is 36.4 Å². The topological polar surface area (TPSA) is 51.5 Å². The van der Waals surface area contributed by atoms with E-state index < -0.39 is 0 Å². The van der Waals surface area contributed by atoms with Gasteiger partial charge in [-0.3, -0.25) is 0 Å². The molecular weight excluding hydrogens is 278 g/mol. The summed E-state index contributed by atoms with van der Waals surface area (Å²) in [7, 11) is 3.11. The standard InChI is InChI=1S/C15H12ClNO3/c1-18-12-6-13(19-2)8-14(7-12)20-15-4-3-11(16)5-10(15)9-17/h3-8H,1-2H3. The predicted octanol–water partition coefficient (Wildman–Crippen LogP) is 4.02. The highest BCUT2D eigenvalue weighted by atomic mass is 35.5. The maximum Gasteiger partial charge on any atom is 0.145 e. The van der Waals surface area contributed by atoms with Gasteiger partial charge in [-0.2, -0.15) is 5.26 Å². The number of nitrogens with zero attached hydrogens (tertiary/aromatic N) is 1. The molecule has 0 aromatic heterocycles. The van der Waals surface area contributed by atoms with Crippen molar-refractivity contribution in [3.05, 3.63) is 47.0 Å². The molecule has 0 N–H and O–H groups in total. The fraction of sp³-hybridized carbons (Fsp3) is 0.133. The molecule has 20 heavy (non-hydrogen) atoms. The fourth-order valence-corrected chi connectivity index (χ4v) is 1.82. The molecule has 0 unspecified atom stereocenters. The third kappa shape index (κ3) is 3.14. The number of hydrogen-bond donors (Lipinski definition) is 0. The van der Waals surface area contributed by atoms with Crippen LogP contribution in [0.3, 0.4) is 0 Å². The zero-order valence-electron chi connectivity index (χ0n) is 11.0. The van der Waals surface area contributed by atoms with Crippen LogP contribution in [0.25, 0.3) is 0 Å². The molecule has 102 valence electrons. The Morgan fingerprint density at radius 2 is 1.55 bits per heavy atom.